The van der Waals surface area contributed by atoms with Gasteiger partial charge in [0.2, 0.25) is 0 Å². The Kier molecular flexibility index (Phi) is 5.47. The molecule has 0 unspecified atom stereocenters. The van der Waals surface area contributed by atoms with Gasteiger partial charge in [0.05, 0.1) is 5.69 Å². The minimum absolute atomic E-state index is 0.0392. The minimum atomic E-state index is -0.689. The lowest BCUT2D eigenvalue weighted by Crippen LogP contribution is -2.18. The lowest BCUT2D eigenvalue weighted by molar-refractivity contribution is -0.111. The second-order valence-corrected chi connectivity index (χ2v) is 5.90. The Labute approximate surface area is 157 Å². The molecule has 0 aliphatic carbocycles. The molecular weight excluding hydrogens is 340 g/mol. The smallest absolute Gasteiger partial charge is 0.271 e. The molecule has 0 bridgehead atoms. The van der Waals surface area contributed by atoms with Crippen molar-refractivity contribution in [3.8, 4) is 0 Å². The first-order chi connectivity index (χ1) is 13.1. The van der Waals surface area contributed by atoms with Crippen LogP contribution in [0.15, 0.2) is 66.9 Å². The first-order valence-electron chi connectivity index (χ1n) is 8.59. The number of benzene rings is 2. The molecule has 0 fully saturated rings. The molecule has 1 aromatic heterocycles. The summed E-state index contributed by atoms with van der Waals surface area (Å²) in [5, 5.41) is 6.88. The van der Waals surface area contributed by atoms with Crippen molar-refractivity contribution in [1.82, 2.24) is 9.78 Å². The van der Waals surface area contributed by atoms with Crippen molar-refractivity contribution in [3.63, 3.8) is 0 Å². The Balaban J connectivity index is 1.99. The zero-order valence-corrected chi connectivity index (χ0v) is 14.9. The highest BCUT2D eigenvalue weighted by Crippen LogP contribution is 2.22. The summed E-state index contributed by atoms with van der Waals surface area (Å²) in [5.41, 5.74) is 7.86. The number of nitrogens with one attached hydrogen (secondary N) is 1. The fourth-order valence-electron chi connectivity index (χ4n) is 2.66. The molecule has 0 saturated heterocycles. The maximum Gasteiger partial charge on any atom is 0.271 e. The molecule has 6 heteroatoms. The summed E-state index contributed by atoms with van der Waals surface area (Å²) in [4.78, 5) is 24.7. The highest BCUT2D eigenvalue weighted by atomic mass is 16.2. The van der Waals surface area contributed by atoms with E-state index in [0.29, 0.717) is 17.8 Å². The molecule has 6 nitrogen and oxygen atoms in total. The van der Waals surface area contributed by atoms with Crippen molar-refractivity contribution in [1.29, 1.82) is 0 Å². The van der Waals surface area contributed by atoms with Crippen LogP contribution < -0.4 is 11.1 Å². The van der Waals surface area contributed by atoms with Gasteiger partial charge in [-0.3, -0.25) is 14.3 Å². The molecule has 0 aliphatic heterocycles. The number of carbonyl (C=O) groups is 2. The number of amides is 2. The molecule has 136 valence electrons. The summed E-state index contributed by atoms with van der Waals surface area (Å²) in [6.45, 7) is 2.44. The number of anilines is 1. The Morgan fingerprint density at radius 3 is 2.30 bits per heavy atom. The van der Waals surface area contributed by atoms with Gasteiger partial charge in [-0.05, 0) is 24.1 Å². The summed E-state index contributed by atoms with van der Waals surface area (Å²) in [6.07, 6.45) is 3.40. The highest BCUT2D eigenvalue weighted by Gasteiger charge is 2.19. The van der Waals surface area contributed by atoms with E-state index < -0.39 is 5.91 Å². The number of hydrogen-bond donors (Lipinski definition) is 2. The van der Waals surface area contributed by atoms with Crippen molar-refractivity contribution in [3.05, 3.63) is 83.7 Å². The van der Waals surface area contributed by atoms with Crippen molar-refractivity contribution >= 4 is 29.2 Å². The van der Waals surface area contributed by atoms with Crippen LogP contribution in [0.3, 0.4) is 0 Å². The fraction of sp³-hybridized carbons (Fsp3) is 0.0952. The summed E-state index contributed by atoms with van der Waals surface area (Å²) < 4.78 is 1.55. The summed E-state index contributed by atoms with van der Waals surface area (Å²) in [5.74, 6) is -1.03. The number of primary amides is 1. The SMILES string of the molecule is CCn1cc(NC(=O)/C(=C\c2ccccc2)c2ccccc2)c(C(N)=O)n1. The lowest BCUT2D eigenvalue weighted by Gasteiger charge is -2.09. The first-order valence-corrected chi connectivity index (χ1v) is 8.59. The van der Waals surface area contributed by atoms with E-state index in [1.165, 1.54) is 0 Å². The van der Waals surface area contributed by atoms with E-state index in [1.54, 1.807) is 17.0 Å². The normalized spacial score (nSPS) is 11.2. The van der Waals surface area contributed by atoms with Gasteiger partial charge in [-0.25, -0.2) is 0 Å². The molecule has 3 rings (SSSR count). The largest absolute Gasteiger partial charge is 0.364 e. The molecule has 0 saturated carbocycles. The van der Waals surface area contributed by atoms with Gasteiger partial charge in [-0.2, -0.15) is 5.10 Å². The van der Waals surface area contributed by atoms with Crippen LogP contribution in [0.5, 0.6) is 0 Å². The zero-order valence-electron chi connectivity index (χ0n) is 14.9. The maximum absolute atomic E-state index is 13.0. The highest BCUT2D eigenvalue weighted by molar-refractivity contribution is 6.29. The Morgan fingerprint density at radius 2 is 1.70 bits per heavy atom. The van der Waals surface area contributed by atoms with Gasteiger partial charge >= 0.3 is 0 Å². The standard InChI is InChI=1S/C21H20N4O2/c1-2-25-14-18(19(24-25)20(22)26)23-21(27)17(16-11-7-4-8-12-16)13-15-9-5-3-6-10-15/h3-14H,2H2,1H3,(H2,22,26)(H,23,27)/b17-13-. The van der Waals surface area contributed by atoms with Crippen molar-refractivity contribution in [2.45, 2.75) is 13.5 Å². The lowest BCUT2D eigenvalue weighted by atomic mass is 10.0. The Morgan fingerprint density at radius 1 is 1.07 bits per heavy atom. The molecule has 3 N–H and O–H groups in total. The number of nitrogens with zero attached hydrogens (tertiary/aromatic N) is 2. The van der Waals surface area contributed by atoms with Crippen LogP contribution in [-0.4, -0.2) is 21.6 Å². The zero-order chi connectivity index (χ0) is 19.2. The number of carbonyl (C=O) groups excluding carboxylic acids is 2. The van der Waals surface area contributed by atoms with Gasteiger partial charge in [0.1, 0.15) is 0 Å². The third kappa shape index (κ3) is 4.30. The van der Waals surface area contributed by atoms with E-state index in [1.807, 2.05) is 67.6 Å². The van der Waals surface area contributed by atoms with Crippen molar-refractivity contribution in [2.75, 3.05) is 5.32 Å². The fourth-order valence-corrected chi connectivity index (χ4v) is 2.66. The maximum atomic E-state index is 13.0. The van der Waals surface area contributed by atoms with Gasteiger partial charge in [0.25, 0.3) is 11.8 Å². The topological polar surface area (TPSA) is 90.0 Å². The van der Waals surface area contributed by atoms with Gasteiger partial charge < -0.3 is 11.1 Å². The summed E-state index contributed by atoms with van der Waals surface area (Å²) in [7, 11) is 0. The molecular formula is C21H20N4O2. The third-order valence-electron chi connectivity index (χ3n) is 4.01. The van der Waals surface area contributed by atoms with Crippen molar-refractivity contribution < 1.29 is 9.59 Å². The van der Waals surface area contributed by atoms with E-state index in [-0.39, 0.29) is 11.6 Å². The van der Waals surface area contributed by atoms with Gasteiger partial charge in [-0.1, -0.05) is 60.7 Å². The molecule has 2 aromatic carbocycles. The molecule has 3 aromatic rings. The second-order valence-electron chi connectivity index (χ2n) is 5.90. The molecule has 0 atom stereocenters. The molecule has 0 spiro atoms. The van der Waals surface area contributed by atoms with E-state index in [0.717, 1.165) is 11.1 Å². The Hall–Kier alpha value is -3.67. The number of rotatable bonds is 6. The summed E-state index contributed by atoms with van der Waals surface area (Å²) in [6, 6.07) is 18.9. The van der Waals surface area contributed by atoms with E-state index in [9.17, 15) is 9.59 Å². The van der Waals surface area contributed by atoms with Crippen LogP contribution in [-0.2, 0) is 11.3 Å². The summed E-state index contributed by atoms with van der Waals surface area (Å²) >= 11 is 0. The molecule has 0 aliphatic rings. The van der Waals surface area contributed by atoms with E-state index >= 15 is 0 Å². The van der Waals surface area contributed by atoms with Crippen LogP contribution in [0.2, 0.25) is 0 Å². The van der Waals surface area contributed by atoms with Crippen LogP contribution in [0.25, 0.3) is 11.6 Å². The van der Waals surface area contributed by atoms with Crippen LogP contribution in [0, 0.1) is 0 Å². The molecule has 2 amide bonds. The van der Waals surface area contributed by atoms with E-state index in [2.05, 4.69) is 10.4 Å². The number of nitrogens with two attached hydrogens (primary N) is 1. The number of aryl methyl sites for hydroxylation is 1. The van der Waals surface area contributed by atoms with Gasteiger partial charge in [-0.15, -0.1) is 0 Å². The number of aromatic nitrogens is 2. The average Bonchev–Trinajstić information content (AvgIpc) is 3.10. The van der Waals surface area contributed by atoms with Crippen molar-refractivity contribution in [2.24, 2.45) is 5.73 Å². The van der Waals surface area contributed by atoms with Gasteiger partial charge in [0.15, 0.2) is 5.69 Å². The minimum Gasteiger partial charge on any atom is -0.364 e. The predicted octanol–water partition coefficient (Wildman–Crippen LogP) is 3.18. The quantitative estimate of drug-likeness (QED) is 0.522. The van der Waals surface area contributed by atoms with Crippen LogP contribution in [0.1, 0.15) is 28.5 Å². The molecule has 27 heavy (non-hydrogen) atoms. The van der Waals surface area contributed by atoms with Crippen LogP contribution >= 0.6 is 0 Å². The predicted molar refractivity (Wildman–Crippen MR) is 106 cm³/mol. The monoisotopic (exact) mass is 360 g/mol. The Bertz CT molecular complexity index is 976. The van der Waals surface area contributed by atoms with Crippen LogP contribution in [0.4, 0.5) is 5.69 Å². The van der Waals surface area contributed by atoms with Gasteiger partial charge in [0, 0.05) is 18.3 Å². The number of hydrogen-bond acceptors (Lipinski definition) is 3. The van der Waals surface area contributed by atoms with E-state index in [4.69, 9.17) is 5.73 Å². The second kappa shape index (κ2) is 8.14. The average molecular weight is 360 g/mol. The first kappa shape index (κ1) is 18.1. The molecule has 0 radical (unpaired) electrons. The molecule has 1 heterocycles. The third-order valence-corrected chi connectivity index (χ3v) is 4.01.